The van der Waals surface area contributed by atoms with Gasteiger partial charge in [0.05, 0.1) is 16.2 Å². The lowest BCUT2D eigenvalue weighted by Gasteiger charge is -2.14. The highest BCUT2D eigenvalue weighted by Crippen LogP contribution is 2.36. The zero-order valence-electron chi connectivity index (χ0n) is 13.8. The Bertz CT molecular complexity index is 1090. The van der Waals surface area contributed by atoms with Gasteiger partial charge in [0.2, 0.25) is 0 Å². The SMILES string of the molecule is N=C1S/C(=C\c2ccc(-c3ccccc3F)o2)C(=O)N1c1ccccc1F. The summed E-state index contributed by atoms with van der Waals surface area (Å²) in [7, 11) is 0. The van der Waals surface area contributed by atoms with Crippen LogP contribution in [0.4, 0.5) is 14.5 Å². The minimum Gasteiger partial charge on any atom is -0.457 e. The van der Waals surface area contributed by atoms with Crippen LogP contribution >= 0.6 is 11.8 Å². The van der Waals surface area contributed by atoms with Crippen molar-refractivity contribution in [2.24, 2.45) is 0 Å². The molecule has 1 fully saturated rings. The minimum absolute atomic E-state index is 0.0230. The molecule has 0 atom stereocenters. The quantitative estimate of drug-likeness (QED) is 0.627. The number of rotatable bonds is 3. The Kier molecular flexibility index (Phi) is 4.37. The lowest BCUT2D eigenvalue weighted by Crippen LogP contribution is -2.28. The van der Waals surface area contributed by atoms with E-state index in [1.807, 2.05) is 0 Å². The van der Waals surface area contributed by atoms with Crippen LogP contribution in [0.1, 0.15) is 5.76 Å². The molecular weight excluding hydrogens is 370 g/mol. The van der Waals surface area contributed by atoms with E-state index in [0.717, 1.165) is 16.7 Å². The van der Waals surface area contributed by atoms with Gasteiger partial charge in [0.25, 0.3) is 5.91 Å². The van der Waals surface area contributed by atoms with Crippen molar-refractivity contribution in [1.29, 1.82) is 5.41 Å². The van der Waals surface area contributed by atoms with E-state index in [0.29, 0.717) is 17.1 Å². The number of carbonyl (C=O) groups excluding carboxylic acids is 1. The van der Waals surface area contributed by atoms with E-state index in [9.17, 15) is 13.6 Å². The second kappa shape index (κ2) is 6.85. The van der Waals surface area contributed by atoms with Crippen LogP contribution in [0, 0.1) is 17.0 Å². The number of amidine groups is 1. The first-order valence-electron chi connectivity index (χ1n) is 7.96. The molecular formula is C20H12F2N2O2S. The predicted octanol–water partition coefficient (Wildman–Crippen LogP) is 5.28. The monoisotopic (exact) mass is 382 g/mol. The van der Waals surface area contributed by atoms with E-state index in [4.69, 9.17) is 9.83 Å². The van der Waals surface area contributed by atoms with Crippen molar-refractivity contribution in [2.75, 3.05) is 4.90 Å². The van der Waals surface area contributed by atoms with Crippen LogP contribution in [0.15, 0.2) is 70.0 Å². The van der Waals surface area contributed by atoms with Gasteiger partial charge in [0, 0.05) is 6.08 Å². The molecule has 4 rings (SSSR count). The molecule has 0 radical (unpaired) electrons. The maximum absolute atomic E-state index is 14.0. The maximum atomic E-state index is 14.0. The number of nitrogens with zero attached hydrogens (tertiary/aromatic N) is 1. The van der Waals surface area contributed by atoms with E-state index in [-0.39, 0.29) is 15.8 Å². The molecule has 0 aliphatic carbocycles. The molecule has 1 aliphatic rings. The number of nitrogens with one attached hydrogen (secondary N) is 1. The first-order valence-corrected chi connectivity index (χ1v) is 8.78. The van der Waals surface area contributed by atoms with Crippen molar-refractivity contribution < 1.29 is 18.0 Å². The summed E-state index contributed by atoms with van der Waals surface area (Å²) in [6.07, 6.45) is 1.47. The Morgan fingerprint density at radius 3 is 2.41 bits per heavy atom. The molecule has 1 aliphatic heterocycles. The molecule has 0 unspecified atom stereocenters. The average Bonchev–Trinajstić information content (AvgIpc) is 3.21. The molecule has 3 aromatic rings. The Hall–Kier alpha value is -3.19. The van der Waals surface area contributed by atoms with Crippen molar-refractivity contribution in [3.05, 3.63) is 83.0 Å². The van der Waals surface area contributed by atoms with E-state index >= 15 is 0 Å². The van der Waals surface area contributed by atoms with Gasteiger partial charge in [-0.15, -0.1) is 0 Å². The molecule has 4 nitrogen and oxygen atoms in total. The van der Waals surface area contributed by atoms with Gasteiger partial charge >= 0.3 is 0 Å². The van der Waals surface area contributed by atoms with E-state index in [1.54, 1.807) is 36.4 Å². The van der Waals surface area contributed by atoms with Crippen LogP contribution in [0.5, 0.6) is 0 Å². The summed E-state index contributed by atoms with van der Waals surface area (Å²) in [5.74, 6) is -0.843. The molecule has 27 heavy (non-hydrogen) atoms. The summed E-state index contributed by atoms with van der Waals surface area (Å²) in [4.78, 5) is 13.9. The van der Waals surface area contributed by atoms with E-state index < -0.39 is 17.5 Å². The molecule has 2 aromatic carbocycles. The van der Waals surface area contributed by atoms with Crippen molar-refractivity contribution in [3.63, 3.8) is 0 Å². The van der Waals surface area contributed by atoms with E-state index in [1.165, 1.54) is 30.3 Å². The first-order chi connectivity index (χ1) is 13.0. The highest BCUT2D eigenvalue weighted by atomic mass is 32.2. The Labute approximate surface area is 157 Å². The number of halogens is 2. The largest absolute Gasteiger partial charge is 0.457 e. The van der Waals surface area contributed by atoms with Gasteiger partial charge in [-0.1, -0.05) is 24.3 Å². The molecule has 0 bridgehead atoms. The molecule has 134 valence electrons. The predicted molar refractivity (Wildman–Crippen MR) is 101 cm³/mol. The third-order valence-corrected chi connectivity index (χ3v) is 4.84. The fourth-order valence-corrected chi connectivity index (χ4v) is 3.54. The number of furan rings is 1. The van der Waals surface area contributed by atoms with E-state index in [2.05, 4.69) is 0 Å². The summed E-state index contributed by atoms with van der Waals surface area (Å²) in [5, 5.41) is 7.92. The maximum Gasteiger partial charge on any atom is 0.271 e. The van der Waals surface area contributed by atoms with Gasteiger partial charge in [0.1, 0.15) is 23.2 Å². The summed E-state index contributed by atoms with van der Waals surface area (Å²) >= 11 is 0.908. The average molecular weight is 382 g/mol. The van der Waals surface area contributed by atoms with Gasteiger partial charge in [0.15, 0.2) is 5.17 Å². The number of anilines is 1. The van der Waals surface area contributed by atoms with Crippen molar-refractivity contribution in [3.8, 4) is 11.3 Å². The second-order valence-corrected chi connectivity index (χ2v) is 6.72. The van der Waals surface area contributed by atoms with Crippen molar-refractivity contribution >= 4 is 34.6 Å². The Balaban J connectivity index is 1.64. The summed E-state index contributed by atoms with van der Waals surface area (Å²) in [6, 6.07) is 15.2. The fourth-order valence-electron chi connectivity index (χ4n) is 2.70. The first kappa shape index (κ1) is 17.2. The summed E-state index contributed by atoms with van der Waals surface area (Å²) in [6.45, 7) is 0. The molecule has 2 heterocycles. The number of amides is 1. The Morgan fingerprint density at radius 2 is 1.67 bits per heavy atom. The van der Waals surface area contributed by atoms with Gasteiger partial charge < -0.3 is 4.42 Å². The molecule has 7 heteroatoms. The molecule has 0 spiro atoms. The third kappa shape index (κ3) is 3.17. The molecule has 0 saturated carbocycles. The van der Waals surface area contributed by atoms with Gasteiger partial charge in [-0.3, -0.25) is 15.1 Å². The topological polar surface area (TPSA) is 57.3 Å². The zero-order valence-corrected chi connectivity index (χ0v) is 14.6. The van der Waals surface area contributed by atoms with Crippen LogP contribution < -0.4 is 4.90 Å². The molecule has 1 saturated heterocycles. The zero-order chi connectivity index (χ0) is 19.0. The van der Waals surface area contributed by atoms with Crippen LogP contribution in [0.3, 0.4) is 0 Å². The lowest BCUT2D eigenvalue weighted by molar-refractivity contribution is -0.113. The molecule has 1 N–H and O–H groups in total. The van der Waals surface area contributed by atoms with Crippen LogP contribution in [-0.2, 0) is 4.79 Å². The number of hydrogen-bond donors (Lipinski definition) is 1. The second-order valence-electron chi connectivity index (χ2n) is 5.69. The number of hydrogen-bond acceptors (Lipinski definition) is 4. The lowest BCUT2D eigenvalue weighted by atomic mass is 10.1. The van der Waals surface area contributed by atoms with Crippen LogP contribution in [0.25, 0.3) is 17.4 Å². The van der Waals surface area contributed by atoms with Gasteiger partial charge in [-0.25, -0.2) is 8.78 Å². The third-order valence-electron chi connectivity index (χ3n) is 3.96. The van der Waals surface area contributed by atoms with Crippen LogP contribution in [0.2, 0.25) is 0 Å². The fraction of sp³-hybridized carbons (Fsp3) is 0. The Morgan fingerprint density at radius 1 is 0.963 bits per heavy atom. The smallest absolute Gasteiger partial charge is 0.271 e. The minimum atomic E-state index is -0.586. The van der Waals surface area contributed by atoms with Crippen LogP contribution in [-0.4, -0.2) is 11.1 Å². The normalized spacial score (nSPS) is 15.8. The van der Waals surface area contributed by atoms with Gasteiger partial charge in [-0.05, 0) is 48.2 Å². The van der Waals surface area contributed by atoms with Crippen molar-refractivity contribution in [2.45, 2.75) is 0 Å². The number of thioether (sulfide) groups is 1. The molecule has 1 aromatic heterocycles. The summed E-state index contributed by atoms with van der Waals surface area (Å²) in [5.41, 5.74) is 0.336. The van der Waals surface area contributed by atoms with Gasteiger partial charge in [-0.2, -0.15) is 0 Å². The standard InChI is InChI=1S/C20H12F2N2O2S/c21-14-6-2-1-5-13(14)17-10-9-12(26-17)11-18-19(25)24(20(23)27-18)16-8-4-3-7-15(16)22/h1-11,23H/b18-11-,23-20?. The molecule has 1 amide bonds. The highest BCUT2D eigenvalue weighted by Gasteiger charge is 2.35. The number of para-hydroxylation sites is 1. The number of carbonyl (C=O) groups is 1. The number of benzene rings is 2. The van der Waals surface area contributed by atoms with Crippen molar-refractivity contribution in [1.82, 2.24) is 0 Å². The highest BCUT2D eigenvalue weighted by molar-refractivity contribution is 8.19. The summed E-state index contributed by atoms with van der Waals surface area (Å²) < 4.78 is 33.5.